The molecule has 0 spiro atoms. The molecule has 2 rings (SSSR count). The number of nitrogen functional groups attached to an aromatic ring is 1. The molecule has 0 amide bonds. The highest BCUT2D eigenvalue weighted by Gasteiger charge is 2.14. The number of nitrogens with zero attached hydrogens (tertiary/aromatic N) is 2. The molecule has 0 bridgehead atoms. The van der Waals surface area contributed by atoms with Crippen LogP contribution >= 0.6 is 0 Å². The van der Waals surface area contributed by atoms with Gasteiger partial charge < -0.3 is 10.2 Å². The van der Waals surface area contributed by atoms with E-state index in [1.54, 1.807) is 0 Å². The van der Waals surface area contributed by atoms with Gasteiger partial charge in [0.1, 0.15) is 0 Å². The van der Waals surface area contributed by atoms with Crippen LogP contribution in [0, 0.1) is 11.6 Å². The molecule has 0 fully saturated rings. The van der Waals surface area contributed by atoms with E-state index in [-0.39, 0.29) is 17.1 Å². The maximum atomic E-state index is 13.0. The largest absolute Gasteiger partial charge is 0.421 e. The number of hydrogen-bond acceptors (Lipinski definition) is 4. The maximum Gasteiger partial charge on any atom is 0.249 e. The number of anilines is 1. The van der Waals surface area contributed by atoms with Gasteiger partial charge in [-0.3, -0.25) is 0 Å². The minimum Gasteiger partial charge on any atom is -0.421 e. The van der Waals surface area contributed by atoms with Crippen LogP contribution in [0.1, 0.15) is 12.8 Å². The summed E-state index contributed by atoms with van der Waals surface area (Å²) in [6, 6.07) is 1.83. The van der Waals surface area contributed by atoms with Crippen molar-refractivity contribution in [3.63, 3.8) is 0 Å². The van der Waals surface area contributed by atoms with Crippen molar-refractivity contribution in [3.8, 4) is 11.5 Å². The van der Waals surface area contributed by atoms with Crippen molar-refractivity contribution in [2.75, 3.05) is 5.73 Å². The van der Waals surface area contributed by atoms with E-state index in [0.717, 1.165) is 12.1 Å². The molecule has 0 saturated heterocycles. The van der Waals surface area contributed by atoms with Crippen molar-refractivity contribution < 1.29 is 13.2 Å². The molecular formula is C10H9F2N3O. The summed E-state index contributed by atoms with van der Waals surface area (Å²) in [6.07, 6.45) is 0.566. The molecule has 2 aromatic rings. The molecule has 6 heteroatoms. The molecule has 0 atom stereocenters. The van der Waals surface area contributed by atoms with E-state index in [4.69, 9.17) is 10.2 Å². The second-order valence-electron chi connectivity index (χ2n) is 3.21. The van der Waals surface area contributed by atoms with E-state index < -0.39 is 11.6 Å². The van der Waals surface area contributed by atoms with Gasteiger partial charge in [-0.2, -0.15) is 0 Å². The lowest BCUT2D eigenvalue weighted by Gasteiger charge is -2.01. The van der Waals surface area contributed by atoms with Crippen molar-refractivity contribution in [1.82, 2.24) is 10.2 Å². The topological polar surface area (TPSA) is 64.9 Å². The summed E-state index contributed by atoms with van der Waals surface area (Å²) >= 11 is 0. The van der Waals surface area contributed by atoms with Crippen LogP contribution in [-0.4, -0.2) is 10.2 Å². The molecule has 1 aromatic carbocycles. The van der Waals surface area contributed by atoms with Gasteiger partial charge in [0.15, 0.2) is 11.6 Å². The normalized spacial score (nSPS) is 10.7. The summed E-state index contributed by atoms with van der Waals surface area (Å²) in [5.41, 5.74) is 5.80. The smallest absolute Gasteiger partial charge is 0.249 e. The van der Waals surface area contributed by atoms with Gasteiger partial charge in [-0.15, -0.1) is 10.2 Å². The molecule has 1 aromatic heterocycles. The molecule has 0 unspecified atom stereocenters. The molecule has 2 N–H and O–H groups in total. The zero-order chi connectivity index (χ0) is 11.7. The number of benzene rings is 1. The highest BCUT2D eigenvalue weighted by atomic mass is 19.2. The molecule has 1 heterocycles. The zero-order valence-electron chi connectivity index (χ0n) is 8.50. The number of aromatic nitrogens is 2. The first kappa shape index (κ1) is 10.5. The Hall–Kier alpha value is -1.98. The summed E-state index contributed by atoms with van der Waals surface area (Å²) < 4.78 is 31.0. The van der Waals surface area contributed by atoms with Gasteiger partial charge in [0.25, 0.3) is 0 Å². The van der Waals surface area contributed by atoms with Gasteiger partial charge >= 0.3 is 0 Å². The SMILES string of the molecule is CCc1nnc(-c2cc(F)c(F)cc2N)o1. The quantitative estimate of drug-likeness (QED) is 0.795. The van der Waals surface area contributed by atoms with E-state index in [1.165, 1.54) is 0 Å². The molecule has 84 valence electrons. The van der Waals surface area contributed by atoms with Crippen molar-refractivity contribution in [2.45, 2.75) is 13.3 Å². The predicted octanol–water partition coefficient (Wildman–Crippen LogP) is 2.16. The second kappa shape index (κ2) is 3.88. The number of halogens is 2. The molecule has 0 aliphatic carbocycles. The Morgan fingerprint density at radius 1 is 1.25 bits per heavy atom. The van der Waals surface area contributed by atoms with Gasteiger partial charge in [-0.05, 0) is 6.07 Å². The molecular weight excluding hydrogens is 216 g/mol. The second-order valence-corrected chi connectivity index (χ2v) is 3.21. The Bertz CT molecular complexity index is 525. The monoisotopic (exact) mass is 225 g/mol. The van der Waals surface area contributed by atoms with Crippen LogP contribution in [0.3, 0.4) is 0 Å². The first-order valence-electron chi connectivity index (χ1n) is 4.69. The number of rotatable bonds is 2. The van der Waals surface area contributed by atoms with E-state index in [9.17, 15) is 8.78 Å². The fourth-order valence-corrected chi connectivity index (χ4v) is 1.25. The fraction of sp³-hybridized carbons (Fsp3) is 0.200. The summed E-state index contributed by atoms with van der Waals surface area (Å²) in [5, 5.41) is 7.42. The predicted molar refractivity (Wildman–Crippen MR) is 53.4 cm³/mol. The highest BCUT2D eigenvalue weighted by Crippen LogP contribution is 2.27. The van der Waals surface area contributed by atoms with Crippen molar-refractivity contribution in [3.05, 3.63) is 29.7 Å². The van der Waals surface area contributed by atoms with E-state index in [1.807, 2.05) is 6.92 Å². The van der Waals surface area contributed by atoms with Gasteiger partial charge in [-0.1, -0.05) is 6.92 Å². The van der Waals surface area contributed by atoms with Crippen LogP contribution in [0.4, 0.5) is 14.5 Å². The lowest BCUT2D eigenvalue weighted by molar-refractivity contribution is 0.502. The van der Waals surface area contributed by atoms with Crippen LogP contribution < -0.4 is 5.73 Å². The summed E-state index contributed by atoms with van der Waals surface area (Å²) in [4.78, 5) is 0. The fourth-order valence-electron chi connectivity index (χ4n) is 1.25. The van der Waals surface area contributed by atoms with Gasteiger partial charge in [0.2, 0.25) is 11.8 Å². The summed E-state index contributed by atoms with van der Waals surface area (Å²) in [7, 11) is 0. The lowest BCUT2D eigenvalue weighted by Crippen LogP contribution is -1.94. The van der Waals surface area contributed by atoms with Crippen LogP contribution in [0.15, 0.2) is 16.5 Å². The third-order valence-corrected chi connectivity index (χ3v) is 2.09. The molecule has 0 saturated carbocycles. The van der Waals surface area contributed by atoms with E-state index in [2.05, 4.69) is 10.2 Å². The van der Waals surface area contributed by atoms with Crippen LogP contribution in [0.5, 0.6) is 0 Å². The first-order chi connectivity index (χ1) is 7.61. The minimum absolute atomic E-state index is 0.0604. The molecule has 16 heavy (non-hydrogen) atoms. The molecule has 0 aliphatic rings. The zero-order valence-corrected chi connectivity index (χ0v) is 8.50. The van der Waals surface area contributed by atoms with Gasteiger partial charge in [0, 0.05) is 18.2 Å². The van der Waals surface area contributed by atoms with E-state index >= 15 is 0 Å². The Morgan fingerprint density at radius 3 is 2.56 bits per heavy atom. The third kappa shape index (κ3) is 1.73. The first-order valence-corrected chi connectivity index (χ1v) is 4.69. The average molecular weight is 225 g/mol. The minimum atomic E-state index is -1.00. The standard InChI is InChI=1S/C10H9F2N3O/c1-2-9-14-15-10(16-9)5-3-6(11)7(12)4-8(5)13/h3-4H,2,13H2,1H3. The Labute approximate surface area is 90.1 Å². The van der Waals surface area contributed by atoms with Crippen molar-refractivity contribution in [1.29, 1.82) is 0 Å². The van der Waals surface area contributed by atoms with Gasteiger partial charge in [0.05, 0.1) is 5.56 Å². The Balaban J connectivity index is 2.51. The van der Waals surface area contributed by atoms with Crippen LogP contribution in [-0.2, 0) is 6.42 Å². The maximum absolute atomic E-state index is 13.0. The van der Waals surface area contributed by atoms with Crippen LogP contribution in [0.2, 0.25) is 0 Å². The lowest BCUT2D eigenvalue weighted by atomic mass is 10.1. The summed E-state index contributed by atoms with van der Waals surface area (Å²) in [6.45, 7) is 1.84. The number of hydrogen-bond donors (Lipinski definition) is 1. The van der Waals surface area contributed by atoms with Crippen molar-refractivity contribution in [2.24, 2.45) is 0 Å². The average Bonchev–Trinajstić information content (AvgIpc) is 2.71. The van der Waals surface area contributed by atoms with Crippen molar-refractivity contribution >= 4 is 5.69 Å². The highest BCUT2D eigenvalue weighted by molar-refractivity contribution is 5.70. The Morgan fingerprint density at radius 2 is 1.94 bits per heavy atom. The number of aryl methyl sites for hydroxylation is 1. The molecule has 4 nitrogen and oxygen atoms in total. The molecule has 0 aliphatic heterocycles. The Kier molecular flexibility index (Phi) is 2.55. The molecule has 0 radical (unpaired) electrons. The number of nitrogens with two attached hydrogens (primary N) is 1. The van der Waals surface area contributed by atoms with E-state index in [0.29, 0.717) is 12.3 Å². The van der Waals surface area contributed by atoms with Crippen LogP contribution in [0.25, 0.3) is 11.5 Å². The van der Waals surface area contributed by atoms with Gasteiger partial charge in [-0.25, -0.2) is 8.78 Å². The third-order valence-electron chi connectivity index (χ3n) is 2.09. The summed E-state index contributed by atoms with van der Waals surface area (Å²) in [5.74, 6) is -1.50.